The summed E-state index contributed by atoms with van der Waals surface area (Å²) in [6, 6.07) is 1.94. The van der Waals surface area contributed by atoms with Gasteiger partial charge in [0.1, 0.15) is 0 Å². The monoisotopic (exact) mass is 260 g/mol. The molecule has 0 saturated carbocycles. The van der Waals surface area contributed by atoms with Gasteiger partial charge in [-0.05, 0) is 12.5 Å². The van der Waals surface area contributed by atoms with Crippen molar-refractivity contribution in [1.29, 1.82) is 0 Å². The molecule has 1 aromatic rings. The Morgan fingerprint density at radius 2 is 2.31 bits per heavy atom. The molecule has 1 heterocycles. The summed E-state index contributed by atoms with van der Waals surface area (Å²) in [5, 5.41) is 8.74. The number of amides is 1. The minimum Gasteiger partial charge on any atom is -0.356 e. The summed E-state index contributed by atoms with van der Waals surface area (Å²) in [5.74, 6) is 0.110. The van der Waals surface area contributed by atoms with Crippen LogP contribution >= 0.6 is 22.9 Å². The molecular weight excluding hydrogens is 244 g/mol. The van der Waals surface area contributed by atoms with E-state index in [0.29, 0.717) is 13.0 Å². The molecule has 0 fully saturated rings. The van der Waals surface area contributed by atoms with Crippen LogP contribution < -0.4 is 10.6 Å². The molecule has 0 unspecified atom stereocenters. The van der Waals surface area contributed by atoms with Gasteiger partial charge in [-0.2, -0.15) is 0 Å². The molecule has 0 aliphatic carbocycles. The van der Waals surface area contributed by atoms with Gasteiger partial charge in [-0.25, -0.2) is 0 Å². The summed E-state index contributed by atoms with van der Waals surface area (Å²) in [6.45, 7) is 4.28. The van der Waals surface area contributed by atoms with Crippen molar-refractivity contribution in [1.82, 2.24) is 10.6 Å². The number of carbonyl (C=O) groups is 1. The van der Waals surface area contributed by atoms with Crippen LogP contribution in [0.3, 0.4) is 0 Å². The molecule has 0 aliphatic heterocycles. The summed E-state index contributed by atoms with van der Waals surface area (Å²) < 4.78 is 0. The van der Waals surface area contributed by atoms with Gasteiger partial charge in [0.25, 0.3) is 0 Å². The topological polar surface area (TPSA) is 41.1 Å². The average Bonchev–Trinajstić information content (AvgIpc) is 2.67. The standard InChI is InChI=1S/C11H17ClN2OS/c1-2-4-14-11(15)3-5-13-7-10-6-9(12)8-16-10/h6,8,13H,2-5,7H2,1H3,(H,14,15). The van der Waals surface area contributed by atoms with E-state index in [1.807, 2.05) is 18.4 Å². The molecule has 1 rings (SSSR count). The summed E-state index contributed by atoms with van der Waals surface area (Å²) in [7, 11) is 0. The second kappa shape index (κ2) is 7.65. The van der Waals surface area contributed by atoms with Crippen molar-refractivity contribution < 1.29 is 4.79 Å². The summed E-state index contributed by atoms with van der Waals surface area (Å²) in [5.41, 5.74) is 0. The van der Waals surface area contributed by atoms with Crippen LogP contribution in [0.4, 0.5) is 0 Å². The predicted molar refractivity (Wildman–Crippen MR) is 69.0 cm³/mol. The first-order valence-corrected chi connectivity index (χ1v) is 6.68. The number of hydrogen-bond acceptors (Lipinski definition) is 3. The second-order valence-electron chi connectivity index (χ2n) is 3.51. The number of rotatable bonds is 7. The van der Waals surface area contributed by atoms with Crippen molar-refractivity contribution in [3.05, 3.63) is 21.3 Å². The number of halogens is 1. The molecule has 16 heavy (non-hydrogen) atoms. The Morgan fingerprint density at radius 3 is 2.94 bits per heavy atom. The molecule has 0 bridgehead atoms. The number of hydrogen-bond donors (Lipinski definition) is 2. The van der Waals surface area contributed by atoms with Gasteiger partial charge in [-0.3, -0.25) is 4.79 Å². The zero-order chi connectivity index (χ0) is 11.8. The van der Waals surface area contributed by atoms with Crippen LogP contribution in [0, 0.1) is 0 Å². The van der Waals surface area contributed by atoms with Gasteiger partial charge in [0.15, 0.2) is 0 Å². The maximum Gasteiger partial charge on any atom is 0.221 e. The first kappa shape index (κ1) is 13.5. The van der Waals surface area contributed by atoms with E-state index in [0.717, 1.165) is 24.5 Å². The van der Waals surface area contributed by atoms with E-state index in [9.17, 15) is 4.79 Å². The van der Waals surface area contributed by atoms with Crippen molar-refractivity contribution in [2.75, 3.05) is 13.1 Å². The van der Waals surface area contributed by atoms with Gasteiger partial charge >= 0.3 is 0 Å². The molecule has 3 nitrogen and oxygen atoms in total. The highest BCUT2D eigenvalue weighted by Crippen LogP contribution is 2.18. The van der Waals surface area contributed by atoms with E-state index in [1.165, 1.54) is 4.88 Å². The van der Waals surface area contributed by atoms with Gasteiger partial charge in [0.05, 0.1) is 5.02 Å². The Balaban J connectivity index is 2.05. The van der Waals surface area contributed by atoms with Crippen LogP contribution in [0.1, 0.15) is 24.6 Å². The molecule has 0 aliphatic rings. The zero-order valence-corrected chi connectivity index (χ0v) is 11.0. The minimum absolute atomic E-state index is 0.110. The third-order valence-electron chi connectivity index (χ3n) is 2.02. The van der Waals surface area contributed by atoms with Crippen LogP contribution in [-0.2, 0) is 11.3 Å². The summed E-state index contributed by atoms with van der Waals surface area (Å²) in [4.78, 5) is 12.4. The molecule has 1 amide bonds. The zero-order valence-electron chi connectivity index (χ0n) is 9.38. The first-order chi connectivity index (χ1) is 7.72. The predicted octanol–water partition coefficient (Wildman–Crippen LogP) is 2.41. The number of carbonyl (C=O) groups excluding carboxylic acids is 1. The van der Waals surface area contributed by atoms with Gasteiger partial charge in [-0.1, -0.05) is 18.5 Å². The molecule has 0 atom stereocenters. The van der Waals surface area contributed by atoms with Crippen molar-refractivity contribution in [2.24, 2.45) is 0 Å². The molecule has 0 radical (unpaired) electrons. The fourth-order valence-electron chi connectivity index (χ4n) is 1.21. The van der Waals surface area contributed by atoms with Gasteiger partial charge in [0, 0.05) is 36.3 Å². The van der Waals surface area contributed by atoms with Crippen molar-refractivity contribution in [3.63, 3.8) is 0 Å². The maximum atomic E-state index is 11.2. The van der Waals surface area contributed by atoms with Crippen molar-refractivity contribution in [3.8, 4) is 0 Å². The molecule has 1 aromatic heterocycles. The van der Waals surface area contributed by atoms with Gasteiger partial charge in [-0.15, -0.1) is 11.3 Å². The minimum atomic E-state index is 0.110. The molecule has 5 heteroatoms. The Kier molecular flexibility index (Phi) is 6.45. The third kappa shape index (κ3) is 5.49. The smallest absolute Gasteiger partial charge is 0.221 e. The Labute approximate surface area is 105 Å². The van der Waals surface area contributed by atoms with Crippen LogP contribution in [0.25, 0.3) is 0 Å². The lowest BCUT2D eigenvalue weighted by Crippen LogP contribution is -2.27. The van der Waals surface area contributed by atoms with Crippen LogP contribution in [0.5, 0.6) is 0 Å². The van der Waals surface area contributed by atoms with Crippen molar-refractivity contribution in [2.45, 2.75) is 26.3 Å². The molecule has 90 valence electrons. The summed E-state index contributed by atoms with van der Waals surface area (Å²) in [6.07, 6.45) is 1.51. The fraction of sp³-hybridized carbons (Fsp3) is 0.545. The SMILES string of the molecule is CCCNC(=O)CCNCc1cc(Cl)cs1. The van der Waals surface area contributed by atoms with Gasteiger partial charge < -0.3 is 10.6 Å². The molecule has 2 N–H and O–H groups in total. The van der Waals surface area contributed by atoms with Crippen molar-refractivity contribution >= 4 is 28.8 Å². The number of thiophene rings is 1. The van der Waals surface area contributed by atoms with E-state index in [1.54, 1.807) is 11.3 Å². The number of nitrogens with one attached hydrogen (secondary N) is 2. The molecule has 0 aromatic carbocycles. The second-order valence-corrected chi connectivity index (χ2v) is 4.94. The van der Waals surface area contributed by atoms with E-state index >= 15 is 0 Å². The lowest BCUT2D eigenvalue weighted by Gasteiger charge is -2.04. The maximum absolute atomic E-state index is 11.2. The highest BCUT2D eigenvalue weighted by molar-refractivity contribution is 7.10. The fourth-order valence-corrected chi connectivity index (χ4v) is 2.26. The van der Waals surface area contributed by atoms with Crippen LogP contribution in [-0.4, -0.2) is 19.0 Å². The molecular formula is C11H17ClN2OS. The van der Waals surface area contributed by atoms with E-state index in [-0.39, 0.29) is 5.91 Å². The summed E-state index contributed by atoms with van der Waals surface area (Å²) >= 11 is 7.43. The molecule has 0 spiro atoms. The Hall–Kier alpha value is -0.580. The Morgan fingerprint density at radius 1 is 1.50 bits per heavy atom. The highest BCUT2D eigenvalue weighted by atomic mass is 35.5. The van der Waals surface area contributed by atoms with Crippen LogP contribution in [0.15, 0.2) is 11.4 Å². The van der Waals surface area contributed by atoms with Crippen LogP contribution in [0.2, 0.25) is 5.02 Å². The van der Waals surface area contributed by atoms with E-state index in [4.69, 9.17) is 11.6 Å². The average molecular weight is 261 g/mol. The largest absolute Gasteiger partial charge is 0.356 e. The van der Waals surface area contributed by atoms with Gasteiger partial charge in [0.2, 0.25) is 5.91 Å². The normalized spacial score (nSPS) is 10.4. The lowest BCUT2D eigenvalue weighted by molar-refractivity contribution is -0.120. The first-order valence-electron chi connectivity index (χ1n) is 5.42. The lowest BCUT2D eigenvalue weighted by atomic mass is 10.3. The quantitative estimate of drug-likeness (QED) is 0.740. The third-order valence-corrected chi connectivity index (χ3v) is 3.31. The highest BCUT2D eigenvalue weighted by Gasteiger charge is 2.00. The molecule has 0 saturated heterocycles. The Bertz CT molecular complexity index is 328. The van der Waals surface area contributed by atoms with E-state index < -0.39 is 0 Å². The van der Waals surface area contributed by atoms with E-state index in [2.05, 4.69) is 10.6 Å².